The average Bonchev–Trinajstić information content (AvgIpc) is 1.96. The number of nitrogens with zero attached hydrogens (tertiary/aromatic N) is 1. The van der Waals surface area contributed by atoms with E-state index >= 15 is 0 Å². The maximum atomic E-state index is 11.4. The lowest BCUT2D eigenvalue weighted by atomic mass is 10.2. The molecule has 0 spiro atoms. The number of hydrogen-bond acceptors (Lipinski definition) is 3. The molecular formula is C11H20N2O3. The molecule has 0 aromatic rings. The van der Waals surface area contributed by atoms with Crippen molar-refractivity contribution in [2.24, 2.45) is 0 Å². The molecule has 92 valence electrons. The number of nitrogens with one attached hydrogen (secondary N) is 1. The van der Waals surface area contributed by atoms with E-state index in [2.05, 4.69) is 5.32 Å². The van der Waals surface area contributed by atoms with Crippen molar-refractivity contribution in [2.75, 3.05) is 19.6 Å². The van der Waals surface area contributed by atoms with Crippen LogP contribution in [0.4, 0.5) is 4.79 Å². The highest BCUT2D eigenvalue weighted by atomic mass is 16.6. The Labute approximate surface area is 96.1 Å². The fourth-order valence-corrected chi connectivity index (χ4v) is 1.31. The van der Waals surface area contributed by atoms with Gasteiger partial charge in [0.15, 0.2) is 0 Å². The Morgan fingerprint density at radius 3 is 2.38 bits per heavy atom. The Bertz CT molecular complexity index is 267. The SMILES string of the molecule is CC(C)(C)OC(=O)NCCC(=O)N1CCC1. The van der Waals surface area contributed by atoms with Gasteiger partial charge in [0.05, 0.1) is 0 Å². The standard InChI is InChI=1S/C11H20N2O3/c1-11(2,3)16-10(15)12-6-5-9(14)13-7-4-8-13/h4-8H2,1-3H3,(H,12,15). The van der Waals surface area contributed by atoms with Crippen molar-refractivity contribution in [3.05, 3.63) is 0 Å². The van der Waals surface area contributed by atoms with Crippen LogP contribution in [-0.4, -0.2) is 42.1 Å². The summed E-state index contributed by atoms with van der Waals surface area (Å²) in [6.07, 6.45) is 0.966. The molecule has 16 heavy (non-hydrogen) atoms. The normalized spacial score (nSPS) is 15.3. The molecule has 0 bridgehead atoms. The van der Waals surface area contributed by atoms with Crippen molar-refractivity contribution in [1.29, 1.82) is 0 Å². The lowest BCUT2D eigenvalue weighted by Gasteiger charge is -2.31. The van der Waals surface area contributed by atoms with Crippen molar-refractivity contribution < 1.29 is 14.3 Å². The molecule has 0 aromatic carbocycles. The summed E-state index contributed by atoms with van der Waals surface area (Å²) in [5.41, 5.74) is -0.494. The predicted molar refractivity (Wildman–Crippen MR) is 60.1 cm³/mol. The van der Waals surface area contributed by atoms with Crippen LogP contribution >= 0.6 is 0 Å². The van der Waals surface area contributed by atoms with E-state index in [1.165, 1.54) is 0 Å². The number of carbonyl (C=O) groups is 2. The van der Waals surface area contributed by atoms with E-state index in [0.717, 1.165) is 19.5 Å². The van der Waals surface area contributed by atoms with Crippen LogP contribution in [0.2, 0.25) is 0 Å². The van der Waals surface area contributed by atoms with Gasteiger partial charge in [-0.2, -0.15) is 0 Å². The van der Waals surface area contributed by atoms with Gasteiger partial charge in [-0.25, -0.2) is 4.79 Å². The lowest BCUT2D eigenvalue weighted by molar-refractivity contribution is -0.134. The van der Waals surface area contributed by atoms with E-state index in [-0.39, 0.29) is 5.91 Å². The van der Waals surface area contributed by atoms with E-state index < -0.39 is 11.7 Å². The molecule has 0 saturated carbocycles. The molecule has 0 aliphatic carbocycles. The predicted octanol–water partition coefficient (Wildman–Crippen LogP) is 1.13. The fourth-order valence-electron chi connectivity index (χ4n) is 1.31. The highest BCUT2D eigenvalue weighted by molar-refractivity contribution is 5.77. The van der Waals surface area contributed by atoms with Crippen molar-refractivity contribution >= 4 is 12.0 Å². The first kappa shape index (κ1) is 12.8. The van der Waals surface area contributed by atoms with Gasteiger partial charge in [-0.15, -0.1) is 0 Å². The molecule has 1 heterocycles. The largest absolute Gasteiger partial charge is 0.444 e. The summed E-state index contributed by atoms with van der Waals surface area (Å²) in [6, 6.07) is 0. The second-order valence-electron chi connectivity index (χ2n) is 4.91. The maximum absolute atomic E-state index is 11.4. The van der Waals surface area contributed by atoms with Crippen molar-refractivity contribution in [3.8, 4) is 0 Å². The number of amides is 2. The first-order chi connectivity index (χ1) is 7.38. The van der Waals surface area contributed by atoms with E-state index in [9.17, 15) is 9.59 Å². The van der Waals surface area contributed by atoms with Crippen LogP contribution in [0.25, 0.3) is 0 Å². The molecule has 1 saturated heterocycles. The molecule has 0 radical (unpaired) electrons. The van der Waals surface area contributed by atoms with E-state index in [4.69, 9.17) is 4.74 Å². The van der Waals surface area contributed by atoms with Crippen LogP contribution in [0.15, 0.2) is 0 Å². The number of rotatable bonds is 3. The lowest BCUT2D eigenvalue weighted by Crippen LogP contribution is -2.43. The zero-order valence-electron chi connectivity index (χ0n) is 10.2. The topological polar surface area (TPSA) is 58.6 Å². The van der Waals surface area contributed by atoms with E-state index in [1.807, 2.05) is 0 Å². The zero-order valence-corrected chi connectivity index (χ0v) is 10.2. The second-order valence-corrected chi connectivity index (χ2v) is 4.91. The van der Waals surface area contributed by atoms with Gasteiger partial charge in [0.1, 0.15) is 5.60 Å². The molecular weight excluding hydrogens is 208 g/mol. The second kappa shape index (κ2) is 5.18. The Morgan fingerprint density at radius 1 is 1.31 bits per heavy atom. The molecule has 1 aliphatic rings. The van der Waals surface area contributed by atoms with Crippen molar-refractivity contribution in [1.82, 2.24) is 10.2 Å². The number of carbonyl (C=O) groups excluding carboxylic acids is 2. The minimum absolute atomic E-state index is 0.0994. The summed E-state index contributed by atoms with van der Waals surface area (Å²) in [7, 11) is 0. The molecule has 0 atom stereocenters. The van der Waals surface area contributed by atoms with E-state index in [0.29, 0.717) is 13.0 Å². The third-order valence-electron chi connectivity index (χ3n) is 2.22. The minimum atomic E-state index is -0.494. The van der Waals surface area contributed by atoms with Gasteiger partial charge in [-0.3, -0.25) is 4.79 Å². The monoisotopic (exact) mass is 228 g/mol. The van der Waals surface area contributed by atoms with Gasteiger partial charge >= 0.3 is 6.09 Å². The molecule has 0 unspecified atom stereocenters. The van der Waals surface area contributed by atoms with Crippen molar-refractivity contribution in [2.45, 2.75) is 39.2 Å². The van der Waals surface area contributed by atoms with Crippen LogP contribution in [0.1, 0.15) is 33.6 Å². The first-order valence-electron chi connectivity index (χ1n) is 5.63. The number of likely N-dealkylation sites (tertiary alicyclic amines) is 1. The van der Waals surface area contributed by atoms with Gasteiger partial charge in [0.2, 0.25) is 5.91 Å². The quantitative estimate of drug-likeness (QED) is 0.788. The Kier molecular flexibility index (Phi) is 4.15. The zero-order chi connectivity index (χ0) is 12.2. The van der Waals surface area contributed by atoms with Gasteiger partial charge in [-0.1, -0.05) is 0 Å². The van der Waals surface area contributed by atoms with E-state index in [1.54, 1.807) is 25.7 Å². The van der Waals surface area contributed by atoms with Gasteiger partial charge in [0, 0.05) is 26.1 Å². The summed E-state index contributed by atoms with van der Waals surface area (Å²) >= 11 is 0. The summed E-state index contributed by atoms with van der Waals surface area (Å²) in [4.78, 5) is 24.4. The van der Waals surface area contributed by atoms with Gasteiger partial charge in [0.25, 0.3) is 0 Å². The summed E-state index contributed by atoms with van der Waals surface area (Å²) in [6.45, 7) is 7.45. The third kappa shape index (κ3) is 4.51. The average molecular weight is 228 g/mol. The number of ether oxygens (including phenoxy) is 1. The molecule has 2 amide bonds. The number of hydrogen-bond donors (Lipinski definition) is 1. The van der Waals surface area contributed by atoms with Crippen LogP contribution < -0.4 is 5.32 Å². The van der Waals surface area contributed by atoms with Crippen LogP contribution in [0, 0.1) is 0 Å². The number of alkyl carbamates (subject to hydrolysis) is 1. The molecule has 5 heteroatoms. The summed E-state index contributed by atoms with van der Waals surface area (Å²) in [5.74, 6) is 0.0994. The molecule has 0 aromatic heterocycles. The highest BCUT2D eigenvalue weighted by Gasteiger charge is 2.20. The first-order valence-corrected chi connectivity index (χ1v) is 5.63. The van der Waals surface area contributed by atoms with Crippen LogP contribution in [0.5, 0.6) is 0 Å². The van der Waals surface area contributed by atoms with Crippen molar-refractivity contribution in [3.63, 3.8) is 0 Å². The highest BCUT2D eigenvalue weighted by Crippen LogP contribution is 2.08. The smallest absolute Gasteiger partial charge is 0.407 e. The Balaban J connectivity index is 2.10. The maximum Gasteiger partial charge on any atom is 0.407 e. The molecule has 5 nitrogen and oxygen atoms in total. The molecule has 1 rings (SSSR count). The Morgan fingerprint density at radius 2 is 1.94 bits per heavy atom. The minimum Gasteiger partial charge on any atom is -0.444 e. The third-order valence-corrected chi connectivity index (χ3v) is 2.22. The summed E-state index contributed by atoms with van der Waals surface area (Å²) < 4.78 is 5.05. The van der Waals surface area contributed by atoms with Gasteiger partial charge in [-0.05, 0) is 27.2 Å². The van der Waals surface area contributed by atoms with Gasteiger partial charge < -0.3 is 15.0 Å². The Hall–Kier alpha value is -1.26. The molecule has 1 fully saturated rings. The van der Waals surface area contributed by atoms with Crippen LogP contribution in [0.3, 0.4) is 0 Å². The molecule has 1 N–H and O–H groups in total. The van der Waals surface area contributed by atoms with Crippen LogP contribution in [-0.2, 0) is 9.53 Å². The fraction of sp³-hybridized carbons (Fsp3) is 0.818. The summed E-state index contributed by atoms with van der Waals surface area (Å²) in [5, 5.41) is 2.56. The molecule has 1 aliphatic heterocycles.